The number of hydrogen-bond donors (Lipinski definition) is 0. The van der Waals surface area contributed by atoms with Crippen molar-refractivity contribution in [1.29, 1.82) is 0 Å². The summed E-state index contributed by atoms with van der Waals surface area (Å²) in [6.45, 7) is 5.18. The molecule has 1 aromatic carbocycles. The molecule has 0 bridgehead atoms. The lowest BCUT2D eigenvalue weighted by Gasteiger charge is -2.05. The predicted molar refractivity (Wildman–Crippen MR) is 55.6 cm³/mol. The van der Waals surface area contributed by atoms with E-state index >= 15 is 0 Å². The van der Waals surface area contributed by atoms with Gasteiger partial charge in [-0.15, -0.1) is 0 Å². The van der Waals surface area contributed by atoms with Gasteiger partial charge in [-0.25, -0.2) is 0 Å². The Labute approximate surface area is 74.4 Å². The van der Waals surface area contributed by atoms with Crippen molar-refractivity contribution in [2.24, 2.45) is 0 Å². The van der Waals surface area contributed by atoms with Gasteiger partial charge in [0.15, 0.2) is 6.71 Å². The second-order valence-corrected chi connectivity index (χ2v) is 3.68. The summed E-state index contributed by atoms with van der Waals surface area (Å²) in [4.78, 5) is 0. The Bertz CT molecular complexity index is 324. The van der Waals surface area contributed by atoms with E-state index in [2.05, 4.69) is 44.0 Å². The molecule has 0 N–H and O–H groups in total. The third-order valence-corrected chi connectivity index (χ3v) is 2.49. The highest BCUT2D eigenvalue weighted by Gasteiger charge is 2.16. The maximum atomic E-state index is 2.36. The average molecular weight is 156 g/mol. The Morgan fingerprint density at radius 2 is 1.92 bits per heavy atom. The third-order valence-electron chi connectivity index (χ3n) is 2.49. The van der Waals surface area contributed by atoms with Crippen LogP contribution >= 0.6 is 0 Å². The van der Waals surface area contributed by atoms with Gasteiger partial charge in [-0.05, 0) is 17.5 Å². The van der Waals surface area contributed by atoms with E-state index in [0.717, 1.165) is 6.42 Å². The first-order valence-corrected chi connectivity index (χ1v) is 4.57. The molecule has 12 heavy (non-hydrogen) atoms. The number of rotatable bonds is 1. The fourth-order valence-electron chi connectivity index (χ4n) is 1.86. The molecule has 0 aromatic heterocycles. The Morgan fingerprint density at radius 3 is 2.67 bits per heavy atom. The molecule has 60 valence electrons. The molecule has 0 radical (unpaired) electrons. The highest BCUT2D eigenvalue weighted by Crippen LogP contribution is 2.28. The van der Waals surface area contributed by atoms with Gasteiger partial charge >= 0.3 is 0 Å². The van der Waals surface area contributed by atoms with E-state index in [1.165, 1.54) is 16.6 Å². The Hall–Kier alpha value is -0.975. The summed E-state index contributed by atoms with van der Waals surface area (Å²) in [5.74, 6) is 0. The summed E-state index contributed by atoms with van der Waals surface area (Å²) in [6, 6.07) is 8.70. The maximum Gasteiger partial charge on any atom is 0.169 e. The molecular formula is C11H13B. The van der Waals surface area contributed by atoms with E-state index in [4.69, 9.17) is 0 Å². The number of benzene rings is 1. The number of fused-ring (bicyclic) bond motifs is 1. The van der Waals surface area contributed by atoms with Gasteiger partial charge in [0.05, 0.1) is 0 Å². The van der Waals surface area contributed by atoms with Crippen LogP contribution in [0.2, 0.25) is 13.6 Å². The second-order valence-electron chi connectivity index (χ2n) is 3.68. The second kappa shape index (κ2) is 2.82. The zero-order chi connectivity index (χ0) is 8.55. The van der Waals surface area contributed by atoms with Crippen molar-refractivity contribution in [3.63, 3.8) is 0 Å². The van der Waals surface area contributed by atoms with Crippen molar-refractivity contribution in [3.8, 4) is 0 Å². The molecule has 0 atom stereocenters. The molecule has 0 nitrogen and oxygen atoms in total. The molecule has 2 rings (SSSR count). The van der Waals surface area contributed by atoms with Gasteiger partial charge in [0.25, 0.3) is 0 Å². The molecule has 1 aromatic rings. The quantitative estimate of drug-likeness (QED) is 0.548. The van der Waals surface area contributed by atoms with Gasteiger partial charge in [0.1, 0.15) is 0 Å². The molecule has 0 saturated carbocycles. The number of hydrogen-bond acceptors (Lipinski definition) is 0. The van der Waals surface area contributed by atoms with Crippen LogP contribution in [0.15, 0.2) is 30.3 Å². The SMILES string of the molecule is CB(C)C1=CCc2ccccc21. The van der Waals surface area contributed by atoms with Crippen LogP contribution in [0.5, 0.6) is 0 Å². The normalized spacial score (nSPS) is 14.0. The van der Waals surface area contributed by atoms with E-state index < -0.39 is 0 Å². The Kier molecular flexibility index (Phi) is 1.80. The van der Waals surface area contributed by atoms with Gasteiger partial charge in [0, 0.05) is 0 Å². The minimum Gasteiger partial charge on any atom is -0.0851 e. The van der Waals surface area contributed by atoms with Crippen LogP contribution in [-0.4, -0.2) is 6.71 Å². The average Bonchev–Trinajstić information content (AvgIpc) is 2.47. The summed E-state index contributed by atoms with van der Waals surface area (Å²) >= 11 is 0. The van der Waals surface area contributed by atoms with E-state index in [1.807, 2.05) is 0 Å². The van der Waals surface area contributed by atoms with Crippen LogP contribution in [-0.2, 0) is 6.42 Å². The van der Waals surface area contributed by atoms with Crippen LogP contribution in [0.3, 0.4) is 0 Å². The van der Waals surface area contributed by atoms with E-state index in [-0.39, 0.29) is 0 Å². The number of allylic oxidation sites excluding steroid dienone is 1. The first-order valence-electron chi connectivity index (χ1n) is 4.57. The highest BCUT2D eigenvalue weighted by molar-refractivity contribution is 6.77. The molecule has 0 aliphatic heterocycles. The zero-order valence-electron chi connectivity index (χ0n) is 7.67. The summed E-state index contributed by atoms with van der Waals surface area (Å²) in [5, 5.41) is 0. The van der Waals surface area contributed by atoms with Crippen LogP contribution in [0.4, 0.5) is 0 Å². The summed E-state index contributed by atoms with van der Waals surface area (Å²) in [7, 11) is 0. The summed E-state index contributed by atoms with van der Waals surface area (Å²) < 4.78 is 0. The van der Waals surface area contributed by atoms with Crippen molar-refractivity contribution < 1.29 is 0 Å². The topological polar surface area (TPSA) is 0 Å². The van der Waals surface area contributed by atoms with Crippen molar-refractivity contribution in [1.82, 2.24) is 0 Å². The van der Waals surface area contributed by atoms with E-state index in [9.17, 15) is 0 Å². The summed E-state index contributed by atoms with van der Waals surface area (Å²) in [6.07, 6.45) is 3.49. The van der Waals surface area contributed by atoms with Crippen molar-refractivity contribution >= 4 is 12.2 Å². The van der Waals surface area contributed by atoms with E-state index in [1.54, 1.807) is 0 Å². The third kappa shape index (κ3) is 1.10. The summed E-state index contributed by atoms with van der Waals surface area (Å²) in [5.41, 5.74) is 4.47. The smallest absolute Gasteiger partial charge is 0.0851 e. The molecule has 1 aliphatic rings. The first-order chi connectivity index (χ1) is 5.79. The van der Waals surface area contributed by atoms with Crippen molar-refractivity contribution in [2.75, 3.05) is 0 Å². The van der Waals surface area contributed by atoms with Crippen molar-refractivity contribution in [3.05, 3.63) is 41.5 Å². The van der Waals surface area contributed by atoms with Crippen molar-refractivity contribution in [2.45, 2.75) is 20.1 Å². The monoisotopic (exact) mass is 156 g/mol. The molecule has 0 spiro atoms. The largest absolute Gasteiger partial charge is 0.169 e. The molecule has 1 aliphatic carbocycles. The minimum absolute atomic E-state index is 0.661. The molecule has 0 heterocycles. The zero-order valence-corrected chi connectivity index (χ0v) is 7.67. The highest BCUT2D eigenvalue weighted by atomic mass is 14.1. The molecule has 0 unspecified atom stereocenters. The van der Waals surface area contributed by atoms with Gasteiger partial charge in [0.2, 0.25) is 0 Å². The van der Waals surface area contributed by atoms with Crippen LogP contribution < -0.4 is 0 Å². The molecular weight excluding hydrogens is 143 g/mol. The van der Waals surface area contributed by atoms with Crippen LogP contribution in [0.1, 0.15) is 11.1 Å². The predicted octanol–water partition coefficient (Wildman–Crippen LogP) is 2.92. The Balaban J connectivity index is 2.45. The van der Waals surface area contributed by atoms with Gasteiger partial charge in [-0.3, -0.25) is 0 Å². The molecule has 0 saturated heterocycles. The fourth-order valence-corrected chi connectivity index (χ4v) is 1.86. The lowest BCUT2D eigenvalue weighted by Crippen LogP contribution is -2.02. The van der Waals surface area contributed by atoms with Crippen LogP contribution in [0.25, 0.3) is 5.47 Å². The molecule has 0 amide bonds. The van der Waals surface area contributed by atoms with Crippen LogP contribution in [0, 0.1) is 0 Å². The minimum atomic E-state index is 0.661. The Morgan fingerprint density at radius 1 is 1.17 bits per heavy atom. The lowest BCUT2D eigenvalue weighted by molar-refractivity contribution is 1.31. The lowest BCUT2D eigenvalue weighted by atomic mass is 9.47. The van der Waals surface area contributed by atoms with E-state index in [0.29, 0.717) is 6.71 Å². The van der Waals surface area contributed by atoms with Gasteiger partial charge < -0.3 is 0 Å². The first kappa shape index (κ1) is 7.66. The molecule has 1 heteroatoms. The standard InChI is InChI=1S/C11H13B/c1-12(2)11-8-7-9-5-3-4-6-10(9)11/h3-6,8H,7H2,1-2H3. The molecule has 0 fully saturated rings. The van der Waals surface area contributed by atoms with Gasteiger partial charge in [-0.2, -0.15) is 0 Å². The maximum absolute atomic E-state index is 2.36. The van der Waals surface area contributed by atoms with Gasteiger partial charge in [-0.1, -0.05) is 49.5 Å². The fraction of sp³-hybridized carbons (Fsp3) is 0.273.